The van der Waals surface area contributed by atoms with Crippen molar-refractivity contribution in [1.29, 1.82) is 0 Å². The Morgan fingerprint density at radius 1 is 1.20 bits per heavy atom. The molecular formula is C15H12BrCl2IO. The molecule has 2 aromatic rings. The van der Waals surface area contributed by atoms with Gasteiger partial charge in [0, 0.05) is 13.1 Å². The lowest BCUT2D eigenvalue weighted by molar-refractivity contribution is 0.340. The van der Waals surface area contributed by atoms with E-state index in [0.29, 0.717) is 11.6 Å². The molecular weight excluding hydrogens is 474 g/mol. The van der Waals surface area contributed by atoms with E-state index in [9.17, 15) is 0 Å². The van der Waals surface area contributed by atoms with Crippen LogP contribution < -0.4 is 4.74 Å². The van der Waals surface area contributed by atoms with Gasteiger partial charge in [0.05, 0.1) is 12.0 Å². The Bertz CT molecular complexity index is 619. The Kier molecular flexibility index (Phi) is 6.02. The van der Waals surface area contributed by atoms with E-state index < -0.39 is 0 Å². The highest BCUT2D eigenvalue weighted by Crippen LogP contribution is 2.38. The number of alkyl halides is 1. The monoisotopic (exact) mass is 484 g/mol. The Hall–Kier alpha value is 0.0300. The van der Waals surface area contributed by atoms with Crippen LogP contribution in [0.15, 0.2) is 40.9 Å². The van der Waals surface area contributed by atoms with Crippen molar-refractivity contribution in [2.45, 2.75) is 12.3 Å². The van der Waals surface area contributed by atoms with Crippen LogP contribution in [-0.2, 0) is 0 Å². The van der Waals surface area contributed by atoms with Gasteiger partial charge in [-0.3, -0.25) is 0 Å². The molecule has 0 fully saturated rings. The van der Waals surface area contributed by atoms with Crippen molar-refractivity contribution in [3.8, 4) is 5.75 Å². The average Bonchev–Trinajstić information content (AvgIpc) is 2.41. The quantitative estimate of drug-likeness (QED) is 0.358. The molecule has 1 nitrogen and oxygen atoms in total. The lowest BCUT2D eigenvalue weighted by atomic mass is 10.0. The second kappa shape index (κ2) is 7.34. The Labute approximate surface area is 150 Å². The van der Waals surface area contributed by atoms with E-state index in [2.05, 4.69) is 38.5 Å². The third-order valence-electron chi connectivity index (χ3n) is 2.79. The minimum atomic E-state index is -0.259. The highest BCUT2D eigenvalue weighted by Gasteiger charge is 2.17. The fourth-order valence-corrected chi connectivity index (χ4v) is 3.95. The summed E-state index contributed by atoms with van der Waals surface area (Å²) in [5.41, 5.74) is 2.00. The van der Waals surface area contributed by atoms with Gasteiger partial charge in [0.25, 0.3) is 0 Å². The molecule has 0 heterocycles. The molecule has 0 radical (unpaired) electrons. The molecule has 0 aliphatic carbocycles. The first-order chi connectivity index (χ1) is 9.52. The second-order valence-corrected chi connectivity index (χ2v) is 7.03. The van der Waals surface area contributed by atoms with Gasteiger partial charge in [-0.15, -0.1) is 11.6 Å². The van der Waals surface area contributed by atoms with Gasteiger partial charge < -0.3 is 4.74 Å². The van der Waals surface area contributed by atoms with E-state index >= 15 is 0 Å². The molecule has 0 bridgehead atoms. The Morgan fingerprint density at radius 2 is 1.95 bits per heavy atom. The normalized spacial score (nSPS) is 12.2. The highest BCUT2D eigenvalue weighted by molar-refractivity contribution is 14.1. The summed E-state index contributed by atoms with van der Waals surface area (Å²) in [5, 5.41) is 0.429. The largest absolute Gasteiger partial charge is 0.494 e. The molecule has 20 heavy (non-hydrogen) atoms. The first-order valence-corrected chi connectivity index (χ1v) is 8.72. The SMILES string of the molecule is CCOc1ccc(C(Cl)c2cc(Cl)ccc2I)c(Br)c1. The van der Waals surface area contributed by atoms with E-state index in [-0.39, 0.29) is 5.38 Å². The highest BCUT2D eigenvalue weighted by atomic mass is 127. The maximum absolute atomic E-state index is 6.61. The number of halogens is 4. The van der Waals surface area contributed by atoms with Crippen LogP contribution in [0.25, 0.3) is 0 Å². The number of hydrogen-bond donors (Lipinski definition) is 0. The predicted molar refractivity (Wildman–Crippen MR) is 97.2 cm³/mol. The van der Waals surface area contributed by atoms with Gasteiger partial charge in [-0.05, 0) is 71.0 Å². The van der Waals surface area contributed by atoms with E-state index in [1.807, 2.05) is 43.3 Å². The fourth-order valence-electron chi connectivity index (χ4n) is 1.85. The molecule has 0 aromatic heterocycles. The Balaban J connectivity index is 2.38. The maximum Gasteiger partial charge on any atom is 0.120 e. The summed E-state index contributed by atoms with van der Waals surface area (Å²) in [7, 11) is 0. The zero-order valence-corrected chi connectivity index (χ0v) is 15.9. The van der Waals surface area contributed by atoms with Crippen molar-refractivity contribution in [1.82, 2.24) is 0 Å². The van der Waals surface area contributed by atoms with Gasteiger partial charge in [0.1, 0.15) is 5.75 Å². The van der Waals surface area contributed by atoms with Crippen molar-refractivity contribution < 1.29 is 4.74 Å². The second-order valence-electron chi connectivity index (χ2n) is 4.14. The van der Waals surface area contributed by atoms with Crippen LogP contribution in [0.3, 0.4) is 0 Å². The smallest absolute Gasteiger partial charge is 0.120 e. The van der Waals surface area contributed by atoms with E-state index in [1.165, 1.54) is 0 Å². The van der Waals surface area contributed by atoms with Crippen LogP contribution in [0.1, 0.15) is 23.4 Å². The van der Waals surface area contributed by atoms with E-state index in [1.54, 1.807) is 0 Å². The zero-order chi connectivity index (χ0) is 14.7. The molecule has 0 aliphatic rings. The number of hydrogen-bond acceptors (Lipinski definition) is 1. The van der Waals surface area contributed by atoms with Gasteiger partial charge in [-0.1, -0.05) is 33.6 Å². The summed E-state index contributed by atoms with van der Waals surface area (Å²) in [4.78, 5) is 0. The van der Waals surface area contributed by atoms with Crippen LogP contribution in [0.5, 0.6) is 5.75 Å². The third kappa shape index (κ3) is 3.81. The summed E-state index contributed by atoms with van der Waals surface area (Å²) >= 11 is 18.5. The molecule has 0 saturated carbocycles. The molecule has 2 rings (SSSR count). The summed E-state index contributed by atoms with van der Waals surface area (Å²) < 4.78 is 7.49. The van der Waals surface area contributed by atoms with E-state index in [0.717, 1.165) is 24.9 Å². The lowest BCUT2D eigenvalue weighted by Gasteiger charge is -2.15. The third-order valence-corrected chi connectivity index (χ3v) is 5.16. The fraction of sp³-hybridized carbons (Fsp3) is 0.200. The summed E-state index contributed by atoms with van der Waals surface area (Å²) in [6.07, 6.45) is 0. The molecule has 1 unspecified atom stereocenters. The lowest BCUT2D eigenvalue weighted by Crippen LogP contribution is -1.99. The molecule has 0 saturated heterocycles. The van der Waals surface area contributed by atoms with Crippen molar-refractivity contribution in [3.05, 3.63) is 60.6 Å². The summed E-state index contributed by atoms with van der Waals surface area (Å²) in [5.74, 6) is 0.827. The van der Waals surface area contributed by atoms with Crippen LogP contribution >= 0.6 is 61.7 Å². The van der Waals surface area contributed by atoms with Crippen molar-refractivity contribution in [2.75, 3.05) is 6.61 Å². The standard InChI is InChI=1S/C15H12BrCl2IO/c1-2-20-10-4-5-11(13(16)8-10)15(18)12-7-9(17)3-6-14(12)19/h3-8,15H,2H2,1H3. The minimum Gasteiger partial charge on any atom is -0.494 e. The van der Waals surface area contributed by atoms with Crippen molar-refractivity contribution in [3.63, 3.8) is 0 Å². The first kappa shape index (κ1) is 16.4. The van der Waals surface area contributed by atoms with Gasteiger partial charge >= 0.3 is 0 Å². The van der Waals surface area contributed by atoms with Crippen molar-refractivity contribution >= 4 is 61.7 Å². The first-order valence-electron chi connectivity index (χ1n) is 6.04. The topological polar surface area (TPSA) is 9.23 Å². The molecule has 0 amide bonds. The average molecular weight is 486 g/mol. The van der Waals surface area contributed by atoms with E-state index in [4.69, 9.17) is 27.9 Å². The maximum atomic E-state index is 6.61. The molecule has 0 aliphatic heterocycles. The van der Waals surface area contributed by atoms with Crippen LogP contribution in [0.4, 0.5) is 0 Å². The van der Waals surface area contributed by atoms with Gasteiger partial charge in [-0.25, -0.2) is 0 Å². The zero-order valence-electron chi connectivity index (χ0n) is 10.7. The van der Waals surface area contributed by atoms with Crippen LogP contribution in [0.2, 0.25) is 5.02 Å². The van der Waals surface area contributed by atoms with Crippen LogP contribution in [-0.4, -0.2) is 6.61 Å². The van der Waals surface area contributed by atoms with Gasteiger partial charge in [0.2, 0.25) is 0 Å². The molecule has 0 N–H and O–H groups in total. The predicted octanol–water partition coefficient (Wildman–Crippen LogP) is 6.43. The van der Waals surface area contributed by atoms with Gasteiger partial charge in [0.15, 0.2) is 0 Å². The van der Waals surface area contributed by atoms with Crippen molar-refractivity contribution in [2.24, 2.45) is 0 Å². The molecule has 2 aromatic carbocycles. The number of rotatable bonds is 4. The Morgan fingerprint density at radius 3 is 2.60 bits per heavy atom. The van der Waals surface area contributed by atoms with Crippen LogP contribution in [0, 0.1) is 3.57 Å². The number of benzene rings is 2. The molecule has 106 valence electrons. The minimum absolute atomic E-state index is 0.259. The molecule has 5 heteroatoms. The van der Waals surface area contributed by atoms with Gasteiger partial charge in [-0.2, -0.15) is 0 Å². The summed E-state index contributed by atoms with van der Waals surface area (Å²) in [6.45, 7) is 2.60. The number of ether oxygens (including phenoxy) is 1. The molecule has 0 spiro atoms. The molecule has 1 atom stereocenters. The summed E-state index contributed by atoms with van der Waals surface area (Å²) in [6, 6.07) is 11.6.